The highest BCUT2D eigenvalue weighted by molar-refractivity contribution is 7.10. The lowest BCUT2D eigenvalue weighted by Crippen LogP contribution is -2.39. The third-order valence-electron chi connectivity index (χ3n) is 5.88. The first kappa shape index (κ1) is 20.7. The van der Waals surface area contributed by atoms with Crippen LogP contribution in [0, 0.1) is 11.3 Å². The van der Waals surface area contributed by atoms with Gasteiger partial charge in [0.25, 0.3) is 0 Å². The monoisotopic (exact) mass is 421 g/mol. The molecule has 2 heterocycles. The number of carbonyl (C=O) groups excluding carboxylic acids is 2. The summed E-state index contributed by atoms with van der Waals surface area (Å²) in [6.07, 6.45) is 1.90. The molecule has 1 aromatic heterocycles. The Kier molecular flexibility index (Phi) is 5.74. The van der Waals surface area contributed by atoms with Crippen molar-refractivity contribution in [3.05, 3.63) is 69.6 Å². The maximum Gasteiger partial charge on any atom is 0.315 e. The number of allylic oxidation sites excluding steroid dienone is 2. The van der Waals surface area contributed by atoms with Gasteiger partial charge in [-0.25, -0.2) is 0 Å². The lowest BCUT2D eigenvalue weighted by molar-refractivity contribution is -0.146. The normalized spacial score (nSPS) is 23.0. The van der Waals surface area contributed by atoms with Gasteiger partial charge in [0.05, 0.1) is 6.61 Å². The zero-order valence-electron chi connectivity index (χ0n) is 17.7. The molecular weight excluding hydrogens is 394 g/mol. The molecule has 1 unspecified atom stereocenters. The summed E-state index contributed by atoms with van der Waals surface area (Å²) >= 11 is 1.58. The Morgan fingerprint density at radius 2 is 1.93 bits per heavy atom. The Hall–Kier alpha value is -2.53. The van der Waals surface area contributed by atoms with Gasteiger partial charge < -0.3 is 4.74 Å². The van der Waals surface area contributed by atoms with Crippen molar-refractivity contribution in [3.63, 3.8) is 0 Å². The molecule has 0 saturated heterocycles. The van der Waals surface area contributed by atoms with Crippen LogP contribution in [-0.4, -0.2) is 24.1 Å². The predicted octanol–water partition coefficient (Wildman–Crippen LogP) is 5.35. The van der Waals surface area contributed by atoms with E-state index in [4.69, 9.17) is 9.73 Å². The van der Waals surface area contributed by atoms with E-state index in [0.29, 0.717) is 25.0 Å². The number of hydrogen-bond donors (Lipinski definition) is 0. The highest BCUT2D eigenvalue weighted by Gasteiger charge is 2.46. The second-order valence-corrected chi connectivity index (χ2v) is 9.91. The fraction of sp³-hybridized carbons (Fsp3) is 0.400. The highest BCUT2D eigenvalue weighted by Crippen LogP contribution is 2.48. The molecule has 0 saturated carbocycles. The van der Waals surface area contributed by atoms with Gasteiger partial charge in [-0.3, -0.25) is 14.6 Å². The van der Waals surface area contributed by atoms with Crippen molar-refractivity contribution in [2.24, 2.45) is 16.3 Å². The van der Waals surface area contributed by atoms with E-state index >= 15 is 0 Å². The summed E-state index contributed by atoms with van der Waals surface area (Å²) in [6, 6.07) is 13.9. The molecule has 2 atom stereocenters. The number of nitrogens with zero attached hydrogens (tertiary/aromatic N) is 1. The fourth-order valence-corrected chi connectivity index (χ4v) is 5.40. The molecule has 0 fully saturated rings. The lowest BCUT2D eigenvalue weighted by atomic mass is 9.68. The van der Waals surface area contributed by atoms with E-state index in [9.17, 15) is 9.59 Å². The van der Waals surface area contributed by atoms with E-state index in [1.807, 2.05) is 54.8 Å². The average molecular weight is 422 g/mol. The first-order valence-electron chi connectivity index (χ1n) is 10.4. The van der Waals surface area contributed by atoms with Crippen LogP contribution < -0.4 is 0 Å². The molecule has 0 spiro atoms. The number of benzene rings is 1. The van der Waals surface area contributed by atoms with Gasteiger partial charge >= 0.3 is 5.97 Å². The summed E-state index contributed by atoms with van der Waals surface area (Å²) in [6.45, 7) is 6.41. The molecule has 1 aromatic carbocycles. The van der Waals surface area contributed by atoms with Gasteiger partial charge in [0, 0.05) is 40.6 Å². The summed E-state index contributed by atoms with van der Waals surface area (Å²) < 4.78 is 5.69. The second kappa shape index (κ2) is 8.31. The van der Waals surface area contributed by atoms with Crippen molar-refractivity contribution in [3.8, 4) is 0 Å². The zero-order valence-corrected chi connectivity index (χ0v) is 18.5. The van der Waals surface area contributed by atoms with Crippen LogP contribution in [0.3, 0.4) is 0 Å². The molecule has 0 N–H and O–H groups in total. The molecule has 30 heavy (non-hydrogen) atoms. The summed E-state index contributed by atoms with van der Waals surface area (Å²) in [7, 11) is 0. The molecule has 2 aromatic rings. The number of Topliss-reactive ketones (excluding diaryl/α,β-unsaturated/α-hetero) is 1. The minimum atomic E-state index is -0.552. The molecule has 156 valence electrons. The Morgan fingerprint density at radius 1 is 1.17 bits per heavy atom. The number of thiophene rings is 1. The standard InChI is InChI=1S/C25H27NO3S/c1-16-21(24(28)29-12-11-17-8-5-4-6-9-17)23(20-10-7-13-30-20)22-18(26-16)14-25(2,3)15-19(22)27/h4-10,13,21,23H,11-12,14-15H2,1-3H3/t21?,23-/m1/s1. The number of rotatable bonds is 5. The molecule has 0 bridgehead atoms. The maximum atomic E-state index is 13.2. The predicted molar refractivity (Wildman–Crippen MR) is 120 cm³/mol. The van der Waals surface area contributed by atoms with E-state index < -0.39 is 5.92 Å². The minimum Gasteiger partial charge on any atom is -0.465 e. The largest absolute Gasteiger partial charge is 0.465 e. The van der Waals surface area contributed by atoms with Crippen molar-refractivity contribution in [1.82, 2.24) is 0 Å². The number of aliphatic imine (C=N–C) groups is 1. The fourth-order valence-electron chi connectivity index (χ4n) is 4.53. The van der Waals surface area contributed by atoms with Crippen LogP contribution in [0.2, 0.25) is 0 Å². The Labute approximate surface area is 181 Å². The minimum absolute atomic E-state index is 0.108. The summed E-state index contributed by atoms with van der Waals surface area (Å²) in [5, 5.41) is 1.99. The van der Waals surface area contributed by atoms with Gasteiger partial charge in [-0.05, 0) is 35.8 Å². The lowest BCUT2D eigenvalue weighted by Gasteiger charge is -2.38. The van der Waals surface area contributed by atoms with Gasteiger partial charge in [0.2, 0.25) is 0 Å². The van der Waals surface area contributed by atoms with Crippen molar-refractivity contribution in [2.45, 2.75) is 46.0 Å². The van der Waals surface area contributed by atoms with Crippen molar-refractivity contribution in [2.75, 3.05) is 6.61 Å². The van der Waals surface area contributed by atoms with Crippen LogP contribution in [-0.2, 0) is 20.7 Å². The van der Waals surface area contributed by atoms with E-state index in [1.54, 1.807) is 11.3 Å². The summed E-state index contributed by atoms with van der Waals surface area (Å²) in [5.74, 6) is -1.04. The van der Waals surface area contributed by atoms with Crippen LogP contribution >= 0.6 is 11.3 Å². The molecule has 4 nitrogen and oxygen atoms in total. The molecule has 0 amide bonds. The Morgan fingerprint density at radius 3 is 2.63 bits per heavy atom. The number of hydrogen-bond acceptors (Lipinski definition) is 5. The number of carbonyl (C=O) groups is 2. The van der Waals surface area contributed by atoms with Crippen LogP contribution in [0.15, 0.2) is 64.1 Å². The number of ketones is 1. The summed E-state index contributed by atoms with van der Waals surface area (Å²) in [5.41, 5.74) is 3.32. The number of ether oxygens (including phenoxy) is 1. The van der Waals surface area contributed by atoms with Gasteiger partial charge in [-0.2, -0.15) is 0 Å². The van der Waals surface area contributed by atoms with E-state index in [0.717, 1.165) is 28.3 Å². The van der Waals surface area contributed by atoms with Gasteiger partial charge in [-0.1, -0.05) is 50.2 Å². The first-order valence-corrected chi connectivity index (χ1v) is 11.3. The molecule has 0 radical (unpaired) electrons. The molecule has 1 aliphatic carbocycles. The molecule has 4 rings (SSSR count). The van der Waals surface area contributed by atoms with Crippen LogP contribution in [0.5, 0.6) is 0 Å². The molecular formula is C25H27NO3S. The third-order valence-corrected chi connectivity index (χ3v) is 6.84. The second-order valence-electron chi connectivity index (χ2n) is 8.93. The topological polar surface area (TPSA) is 55.7 Å². The molecule has 2 aliphatic rings. The van der Waals surface area contributed by atoms with Crippen LogP contribution in [0.25, 0.3) is 0 Å². The van der Waals surface area contributed by atoms with Crippen molar-refractivity contribution < 1.29 is 14.3 Å². The van der Waals surface area contributed by atoms with Gasteiger partial charge in [0.1, 0.15) is 5.92 Å². The Bertz CT molecular complexity index is 1000. The van der Waals surface area contributed by atoms with Crippen LogP contribution in [0.1, 0.15) is 50.0 Å². The third kappa shape index (κ3) is 4.17. The zero-order chi connectivity index (χ0) is 21.3. The highest BCUT2D eigenvalue weighted by atomic mass is 32.1. The smallest absolute Gasteiger partial charge is 0.315 e. The Balaban J connectivity index is 1.61. The van der Waals surface area contributed by atoms with Gasteiger partial charge in [0.15, 0.2) is 5.78 Å². The quantitative estimate of drug-likeness (QED) is 0.612. The molecule has 5 heteroatoms. The van der Waals surface area contributed by atoms with E-state index in [-0.39, 0.29) is 23.1 Å². The summed E-state index contributed by atoms with van der Waals surface area (Å²) in [4.78, 5) is 32.1. The first-order chi connectivity index (χ1) is 14.4. The SMILES string of the molecule is CC1=NC2=C(C(=O)CC(C)(C)C2)[C@H](c2cccs2)C1C(=O)OCCc1ccccc1. The van der Waals surface area contributed by atoms with Crippen LogP contribution in [0.4, 0.5) is 0 Å². The van der Waals surface area contributed by atoms with E-state index in [1.165, 1.54) is 0 Å². The van der Waals surface area contributed by atoms with Gasteiger partial charge in [-0.15, -0.1) is 11.3 Å². The number of esters is 1. The molecule has 1 aliphatic heterocycles. The van der Waals surface area contributed by atoms with E-state index in [2.05, 4.69) is 13.8 Å². The average Bonchev–Trinajstić information content (AvgIpc) is 3.21. The van der Waals surface area contributed by atoms with Crippen molar-refractivity contribution >= 4 is 28.8 Å². The van der Waals surface area contributed by atoms with Crippen molar-refractivity contribution in [1.29, 1.82) is 0 Å². The maximum absolute atomic E-state index is 13.2.